The van der Waals surface area contributed by atoms with Crippen molar-refractivity contribution in [2.75, 3.05) is 19.5 Å². The van der Waals surface area contributed by atoms with Gasteiger partial charge in [-0.05, 0) is 13.1 Å². The number of rotatable bonds is 4. The summed E-state index contributed by atoms with van der Waals surface area (Å²) in [7, 11) is 0.688. The topological polar surface area (TPSA) is 3.24 Å². The largest absolute Gasteiger partial charge is 0.369 e. The molecule has 0 N–H and O–H groups in total. The van der Waals surface area contributed by atoms with Crippen LogP contribution in [0.25, 0.3) is 0 Å². The summed E-state index contributed by atoms with van der Waals surface area (Å²) in [5, 5.41) is 0. The van der Waals surface area contributed by atoms with E-state index < -0.39 is 0 Å². The van der Waals surface area contributed by atoms with Crippen molar-refractivity contribution in [1.29, 1.82) is 0 Å². The SMILES string of the molecule is CCN(CC)C[B]F. The highest BCUT2D eigenvalue weighted by Gasteiger charge is 1.97. The Morgan fingerprint density at radius 2 is 1.88 bits per heavy atom. The van der Waals surface area contributed by atoms with E-state index in [1.165, 1.54) is 0 Å². The molecule has 0 unspecified atom stereocenters. The van der Waals surface area contributed by atoms with Gasteiger partial charge in [-0.25, -0.2) is 0 Å². The molecule has 0 saturated carbocycles. The zero-order valence-electron chi connectivity index (χ0n) is 5.52. The third-order valence-corrected chi connectivity index (χ3v) is 1.22. The summed E-state index contributed by atoms with van der Waals surface area (Å²) in [4.78, 5) is 2.00. The molecule has 0 aliphatic heterocycles. The molecule has 0 rings (SSSR count). The second-order valence-electron chi connectivity index (χ2n) is 1.64. The zero-order chi connectivity index (χ0) is 6.41. The van der Waals surface area contributed by atoms with Crippen molar-refractivity contribution >= 4 is 7.56 Å². The predicted molar refractivity (Wildman–Crippen MR) is 34.6 cm³/mol. The van der Waals surface area contributed by atoms with Gasteiger partial charge in [0, 0.05) is 6.44 Å². The lowest BCUT2D eigenvalue weighted by Crippen LogP contribution is -2.26. The van der Waals surface area contributed by atoms with Crippen molar-refractivity contribution < 1.29 is 4.32 Å². The summed E-state index contributed by atoms with van der Waals surface area (Å²) in [5.41, 5.74) is 0. The van der Waals surface area contributed by atoms with Crippen LogP contribution in [0.4, 0.5) is 4.32 Å². The minimum absolute atomic E-state index is 0.465. The average Bonchev–Trinajstić information content (AvgIpc) is 1.83. The fourth-order valence-corrected chi connectivity index (χ4v) is 0.579. The van der Waals surface area contributed by atoms with Crippen LogP contribution in [0, 0.1) is 0 Å². The lowest BCUT2D eigenvalue weighted by atomic mass is 10.1. The highest BCUT2D eigenvalue weighted by Crippen LogP contribution is 1.83. The Hall–Kier alpha value is -0.0451. The van der Waals surface area contributed by atoms with E-state index in [1.807, 2.05) is 18.7 Å². The van der Waals surface area contributed by atoms with E-state index in [0.29, 0.717) is 14.0 Å². The Labute approximate surface area is 51.2 Å². The van der Waals surface area contributed by atoms with Gasteiger partial charge in [-0.3, -0.25) is 0 Å². The van der Waals surface area contributed by atoms with Gasteiger partial charge in [-0.2, -0.15) is 0 Å². The number of hydrogen-bond donors (Lipinski definition) is 0. The van der Waals surface area contributed by atoms with E-state index in [4.69, 9.17) is 0 Å². The van der Waals surface area contributed by atoms with Crippen molar-refractivity contribution in [3.63, 3.8) is 0 Å². The first-order valence-electron chi connectivity index (χ1n) is 2.99. The van der Waals surface area contributed by atoms with Gasteiger partial charge in [0.2, 0.25) is 0 Å². The highest BCUT2D eigenvalue weighted by molar-refractivity contribution is 6.26. The molecular weight excluding hydrogens is 104 g/mol. The van der Waals surface area contributed by atoms with Crippen LogP contribution in [0.15, 0.2) is 0 Å². The molecule has 47 valence electrons. The lowest BCUT2D eigenvalue weighted by Gasteiger charge is -2.13. The molecular formula is C5H12BFN. The van der Waals surface area contributed by atoms with Crippen LogP contribution >= 0.6 is 0 Å². The molecule has 0 atom stereocenters. The molecule has 0 aliphatic rings. The smallest absolute Gasteiger partial charge is 0.341 e. The van der Waals surface area contributed by atoms with Crippen molar-refractivity contribution in [1.82, 2.24) is 4.90 Å². The summed E-state index contributed by atoms with van der Waals surface area (Å²) < 4.78 is 11.5. The van der Waals surface area contributed by atoms with Gasteiger partial charge < -0.3 is 9.22 Å². The summed E-state index contributed by atoms with van der Waals surface area (Å²) in [6.45, 7) is 5.90. The van der Waals surface area contributed by atoms with Crippen molar-refractivity contribution in [3.05, 3.63) is 0 Å². The predicted octanol–water partition coefficient (Wildman–Crippen LogP) is 0.874. The highest BCUT2D eigenvalue weighted by atomic mass is 19.1. The molecule has 0 saturated heterocycles. The van der Waals surface area contributed by atoms with Crippen LogP contribution in [0.3, 0.4) is 0 Å². The van der Waals surface area contributed by atoms with Crippen LogP contribution in [0.5, 0.6) is 0 Å². The van der Waals surface area contributed by atoms with Crippen molar-refractivity contribution in [2.45, 2.75) is 13.8 Å². The summed E-state index contributed by atoms with van der Waals surface area (Å²) in [5.74, 6) is 0. The van der Waals surface area contributed by atoms with E-state index in [9.17, 15) is 4.32 Å². The first-order valence-corrected chi connectivity index (χ1v) is 2.99. The molecule has 0 amide bonds. The van der Waals surface area contributed by atoms with Gasteiger partial charge in [0.05, 0.1) is 0 Å². The first-order chi connectivity index (χ1) is 3.85. The maximum atomic E-state index is 11.5. The Morgan fingerprint density at radius 1 is 1.38 bits per heavy atom. The monoisotopic (exact) mass is 116 g/mol. The van der Waals surface area contributed by atoms with Crippen molar-refractivity contribution in [3.8, 4) is 0 Å². The van der Waals surface area contributed by atoms with E-state index in [0.717, 1.165) is 13.1 Å². The second kappa shape index (κ2) is 5.10. The zero-order valence-corrected chi connectivity index (χ0v) is 5.52. The van der Waals surface area contributed by atoms with E-state index >= 15 is 0 Å². The van der Waals surface area contributed by atoms with E-state index in [-0.39, 0.29) is 0 Å². The van der Waals surface area contributed by atoms with Gasteiger partial charge in [-0.1, -0.05) is 13.8 Å². The third-order valence-electron chi connectivity index (χ3n) is 1.22. The lowest BCUT2D eigenvalue weighted by molar-refractivity contribution is 0.348. The molecule has 0 heterocycles. The molecule has 0 spiro atoms. The quantitative estimate of drug-likeness (QED) is 0.492. The Morgan fingerprint density at radius 3 is 2.00 bits per heavy atom. The maximum absolute atomic E-state index is 11.5. The fraction of sp³-hybridized carbons (Fsp3) is 1.00. The molecule has 0 fully saturated rings. The number of halogens is 1. The number of nitrogens with zero attached hydrogens (tertiary/aromatic N) is 1. The standard InChI is InChI=1S/C5H12BFN/c1-3-8(4-2)5-6-7/h3-5H2,1-2H3. The van der Waals surface area contributed by atoms with Crippen LogP contribution in [0.1, 0.15) is 13.8 Å². The molecule has 0 aromatic carbocycles. The molecule has 3 heteroatoms. The first kappa shape index (κ1) is 7.95. The molecule has 0 aliphatic carbocycles. The normalized spacial score (nSPS) is 10.0. The molecule has 0 aromatic heterocycles. The Balaban J connectivity index is 3.07. The van der Waals surface area contributed by atoms with Crippen LogP contribution in [-0.4, -0.2) is 32.0 Å². The summed E-state index contributed by atoms with van der Waals surface area (Å²) >= 11 is 0. The Kier molecular flexibility index (Phi) is 5.07. The van der Waals surface area contributed by atoms with Gasteiger partial charge in [0.15, 0.2) is 0 Å². The average molecular weight is 116 g/mol. The van der Waals surface area contributed by atoms with E-state index in [1.54, 1.807) is 0 Å². The maximum Gasteiger partial charge on any atom is 0.369 e. The number of hydrogen-bond acceptors (Lipinski definition) is 1. The van der Waals surface area contributed by atoms with Gasteiger partial charge in [-0.15, -0.1) is 0 Å². The van der Waals surface area contributed by atoms with Crippen LogP contribution < -0.4 is 0 Å². The molecule has 1 nitrogen and oxygen atoms in total. The molecule has 0 aromatic rings. The van der Waals surface area contributed by atoms with Gasteiger partial charge >= 0.3 is 7.56 Å². The summed E-state index contributed by atoms with van der Waals surface area (Å²) in [6, 6.07) is 0. The van der Waals surface area contributed by atoms with E-state index in [2.05, 4.69) is 0 Å². The molecule has 1 radical (unpaired) electrons. The third kappa shape index (κ3) is 3.02. The van der Waals surface area contributed by atoms with Crippen LogP contribution in [-0.2, 0) is 0 Å². The summed E-state index contributed by atoms with van der Waals surface area (Å²) in [6.07, 6.45) is 0.465. The molecule has 8 heavy (non-hydrogen) atoms. The Bertz CT molecular complexity index is 47.7. The van der Waals surface area contributed by atoms with Crippen LogP contribution in [0.2, 0.25) is 0 Å². The second-order valence-corrected chi connectivity index (χ2v) is 1.64. The van der Waals surface area contributed by atoms with Gasteiger partial charge in [0.25, 0.3) is 0 Å². The minimum atomic E-state index is 0.465. The van der Waals surface area contributed by atoms with Gasteiger partial charge in [0.1, 0.15) is 0 Å². The molecule has 0 bridgehead atoms. The fourth-order valence-electron chi connectivity index (χ4n) is 0.579. The van der Waals surface area contributed by atoms with Crippen molar-refractivity contribution in [2.24, 2.45) is 0 Å². The minimum Gasteiger partial charge on any atom is -0.341 e.